The smallest absolute Gasteiger partial charge is 0.304 e. The van der Waals surface area contributed by atoms with E-state index in [-0.39, 0.29) is 12.2 Å². The maximum atomic E-state index is 13.3. The van der Waals surface area contributed by atoms with Gasteiger partial charge in [0.25, 0.3) is 0 Å². The van der Waals surface area contributed by atoms with Crippen LogP contribution in [-0.4, -0.2) is 60.7 Å². The Hall–Kier alpha value is -1.66. The van der Waals surface area contributed by atoms with Crippen LogP contribution >= 0.6 is 0 Å². The van der Waals surface area contributed by atoms with E-state index in [1.54, 1.807) is 13.2 Å². The Kier molecular flexibility index (Phi) is 5.52. The van der Waals surface area contributed by atoms with Gasteiger partial charge < -0.3 is 14.7 Å². The van der Waals surface area contributed by atoms with Gasteiger partial charge >= 0.3 is 5.97 Å². The molecule has 1 aliphatic rings. The molecule has 0 amide bonds. The van der Waals surface area contributed by atoms with Gasteiger partial charge in [0.05, 0.1) is 13.5 Å². The summed E-state index contributed by atoms with van der Waals surface area (Å²) >= 11 is 0. The minimum atomic E-state index is -0.762. The quantitative estimate of drug-likeness (QED) is 0.860. The van der Waals surface area contributed by atoms with Crippen LogP contribution in [-0.2, 0) is 11.3 Å². The lowest BCUT2D eigenvalue weighted by molar-refractivity contribution is -0.137. The number of carboxylic acid groups (broad SMARTS) is 1. The van der Waals surface area contributed by atoms with Gasteiger partial charge in [-0.1, -0.05) is 0 Å². The highest BCUT2D eigenvalue weighted by Crippen LogP contribution is 2.21. The predicted molar refractivity (Wildman–Crippen MR) is 76.9 cm³/mol. The number of halogens is 1. The van der Waals surface area contributed by atoms with Gasteiger partial charge in [-0.25, -0.2) is 4.39 Å². The van der Waals surface area contributed by atoms with Crippen molar-refractivity contribution in [3.05, 3.63) is 29.6 Å². The van der Waals surface area contributed by atoms with Gasteiger partial charge in [-0.2, -0.15) is 0 Å². The maximum absolute atomic E-state index is 13.3. The molecule has 0 unspecified atom stereocenters. The van der Waals surface area contributed by atoms with Crippen molar-refractivity contribution in [1.29, 1.82) is 0 Å². The fourth-order valence-corrected chi connectivity index (χ4v) is 2.54. The molecule has 6 heteroatoms. The van der Waals surface area contributed by atoms with Crippen LogP contribution in [0.25, 0.3) is 0 Å². The van der Waals surface area contributed by atoms with Crippen LogP contribution in [0.5, 0.6) is 5.75 Å². The Labute approximate surface area is 123 Å². The van der Waals surface area contributed by atoms with E-state index in [9.17, 15) is 9.18 Å². The van der Waals surface area contributed by atoms with E-state index in [0.717, 1.165) is 31.7 Å². The zero-order valence-corrected chi connectivity index (χ0v) is 12.2. The molecule has 0 radical (unpaired) electrons. The summed E-state index contributed by atoms with van der Waals surface area (Å²) in [5.41, 5.74) is 0.844. The van der Waals surface area contributed by atoms with Crippen molar-refractivity contribution in [2.75, 3.05) is 39.8 Å². The van der Waals surface area contributed by atoms with Gasteiger partial charge in [0.1, 0.15) is 11.6 Å². The van der Waals surface area contributed by atoms with Crippen LogP contribution in [0.15, 0.2) is 18.2 Å². The summed E-state index contributed by atoms with van der Waals surface area (Å²) in [6, 6.07) is 4.55. The number of ether oxygens (including phenoxy) is 1. The van der Waals surface area contributed by atoms with E-state index < -0.39 is 5.97 Å². The number of piperazine rings is 1. The highest BCUT2D eigenvalue weighted by molar-refractivity contribution is 5.66. The van der Waals surface area contributed by atoms with E-state index in [1.165, 1.54) is 12.1 Å². The second-order valence-electron chi connectivity index (χ2n) is 5.22. The molecular weight excluding hydrogens is 275 g/mol. The Bertz CT molecular complexity index is 488. The third kappa shape index (κ3) is 4.68. The van der Waals surface area contributed by atoms with Crippen LogP contribution in [0, 0.1) is 5.82 Å². The Balaban J connectivity index is 1.86. The van der Waals surface area contributed by atoms with Gasteiger partial charge in [-0.3, -0.25) is 9.69 Å². The molecule has 0 aliphatic carbocycles. The number of benzene rings is 1. The minimum Gasteiger partial charge on any atom is -0.496 e. The van der Waals surface area contributed by atoms with Crippen molar-refractivity contribution in [2.45, 2.75) is 13.0 Å². The molecule has 0 bridgehead atoms. The minimum absolute atomic E-state index is 0.178. The molecule has 1 aromatic carbocycles. The van der Waals surface area contributed by atoms with E-state index >= 15 is 0 Å². The molecule has 1 aromatic rings. The number of carboxylic acids is 1. The van der Waals surface area contributed by atoms with Crippen LogP contribution in [0.3, 0.4) is 0 Å². The number of rotatable bonds is 6. The normalized spacial score (nSPS) is 16.9. The lowest BCUT2D eigenvalue weighted by atomic mass is 10.1. The zero-order valence-electron chi connectivity index (χ0n) is 12.2. The number of hydrogen-bond donors (Lipinski definition) is 1. The fraction of sp³-hybridized carbons (Fsp3) is 0.533. The first-order chi connectivity index (χ1) is 10.1. The summed E-state index contributed by atoms with van der Waals surface area (Å²) in [7, 11) is 1.58. The molecule has 2 rings (SSSR count). The summed E-state index contributed by atoms with van der Waals surface area (Å²) in [6.45, 7) is 4.61. The summed E-state index contributed by atoms with van der Waals surface area (Å²) in [5, 5.41) is 8.69. The van der Waals surface area contributed by atoms with E-state index in [0.29, 0.717) is 18.8 Å². The second-order valence-corrected chi connectivity index (χ2v) is 5.22. The average molecular weight is 296 g/mol. The third-order valence-electron chi connectivity index (χ3n) is 3.74. The molecule has 1 fully saturated rings. The molecule has 0 atom stereocenters. The van der Waals surface area contributed by atoms with Crippen LogP contribution in [0.4, 0.5) is 4.39 Å². The first-order valence-corrected chi connectivity index (χ1v) is 7.07. The van der Waals surface area contributed by atoms with Crippen molar-refractivity contribution in [2.24, 2.45) is 0 Å². The highest BCUT2D eigenvalue weighted by Gasteiger charge is 2.18. The molecular formula is C15H21FN2O3. The molecule has 5 nitrogen and oxygen atoms in total. The number of nitrogens with zero attached hydrogens (tertiary/aromatic N) is 2. The van der Waals surface area contributed by atoms with Gasteiger partial charge in [0.15, 0.2) is 0 Å². The monoisotopic (exact) mass is 296 g/mol. The third-order valence-corrected chi connectivity index (χ3v) is 3.74. The van der Waals surface area contributed by atoms with Gasteiger partial charge in [-0.15, -0.1) is 0 Å². The van der Waals surface area contributed by atoms with Crippen molar-refractivity contribution < 1.29 is 19.0 Å². The van der Waals surface area contributed by atoms with Crippen molar-refractivity contribution in [1.82, 2.24) is 9.80 Å². The topological polar surface area (TPSA) is 53.0 Å². The predicted octanol–water partition coefficient (Wildman–Crippen LogP) is 1.43. The van der Waals surface area contributed by atoms with E-state index in [2.05, 4.69) is 9.80 Å². The first kappa shape index (κ1) is 15.7. The van der Waals surface area contributed by atoms with E-state index in [1.807, 2.05) is 0 Å². The molecule has 1 saturated heterocycles. The van der Waals surface area contributed by atoms with Crippen LogP contribution in [0.1, 0.15) is 12.0 Å². The summed E-state index contributed by atoms with van der Waals surface area (Å²) in [5.74, 6) is -0.322. The van der Waals surface area contributed by atoms with Gasteiger partial charge in [0, 0.05) is 44.8 Å². The SMILES string of the molecule is COc1ccc(F)cc1CN1CCN(CCC(=O)O)CC1. The molecule has 1 N–H and O–H groups in total. The molecule has 1 aliphatic heterocycles. The molecule has 116 valence electrons. The standard InChI is InChI=1S/C15H21FN2O3/c1-21-14-3-2-13(16)10-12(14)11-18-8-6-17(7-9-18)5-4-15(19)20/h2-3,10H,4-9,11H2,1H3,(H,19,20). The maximum Gasteiger partial charge on any atom is 0.304 e. The molecule has 0 spiro atoms. The Morgan fingerprint density at radius 2 is 1.95 bits per heavy atom. The van der Waals surface area contributed by atoms with Crippen LogP contribution in [0.2, 0.25) is 0 Å². The summed E-state index contributed by atoms with van der Waals surface area (Å²) < 4.78 is 18.6. The fourth-order valence-electron chi connectivity index (χ4n) is 2.54. The zero-order chi connectivity index (χ0) is 15.2. The number of methoxy groups -OCH3 is 1. The summed E-state index contributed by atoms with van der Waals surface area (Å²) in [4.78, 5) is 14.9. The lowest BCUT2D eigenvalue weighted by Gasteiger charge is -2.34. The Morgan fingerprint density at radius 3 is 2.57 bits per heavy atom. The van der Waals surface area contributed by atoms with E-state index in [4.69, 9.17) is 9.84 Å². The van der Waals surface area contributed by atoms with Crippen LogP contribution < -0.4 is 4.74 Å². The molecule has 0 aromatic heterocycles. The van der Waals surface area contributed by atoms with Gasteiger partial charge in [0.2, 0.25) is 0 Å². The van der Waals surface area contributed by atoms with Gasteiger partial charge in [-0.05, 0) is 18.2 Å². The highest BCUT2D eigenvalue weighted by atomic mass is 19.1. The number of hydrogen-bond acceptors (Lipinski definition) is 4. The number of aliphatic carboxylic acids is 1. The summed E-state index contributed by atoms with van der Waals surface area (Å²) in [6.07, 6.45) is 0.178. The largest absolute Gasteiger partial charge is 0.496 e. The average Bonchev–Trinajstić information content (AvgIpc) is 2.47. The number of carbonyl (C=O) groups is 1. The first-order valence-electron chi connectivity index (χ1n) is 7.07. The molecule has 21 heavy (non-hydrogen) atoms. The van der Waals surface area contributed by atoms with Crippen molar-refractivity contribution in [3.8, 4) is 5.75 Å². The molecule has 0 saturated carbocycles. The lowest BCUT2D eigenvalue weighted by Crippen LogP contribution is -2.46. The van der Waals surface area contributed by atoms with Crippen molar-refractivity contribution >= 4 is 5.97 Å². The second kappa shape index (κ2) is 7.38. The molecule has 1 heterocycles. The Morgan fingerprint density at radius 1 is 1.29 bits per heavy atom. The van der Waals surface area contributed by atoms with Crippen molar-refractivity contribution in [3.63, 3.8) is 0 Å².